The van der Waals surface area contributed by atoms with E-state index in [1.54, 1.807) is 43.6 Å². The third-order valence-corrected chi connectivity index (χ3v) is 5.50. The summed E-state index contributed by atoms with van der Waals surface area (Å²) in [5.41, 5.74) is 2.38. The van der Waals surface area contributed by atoms with Gasteiger partial charge in [0.2, 0.25) is 0 Å². The van der Waals surface area contributed by atoms with Gasteiger partial charge in [-0.25, -0.2) is 4.39 Å². The van der Waals surface area contributed by atoms with Gasteiger partial charge in [0.15, 0.2) is 11.6 Å². The summed E-state index contributed by atoms with van der Waals surface area (Å²) < 4.78 is 31.0. The summed E-state index contributed by atoms with van der Waals surface area (Å²) >= 11 is 0. The van der Waals surface area contributed by atoms with Gasteiger partial charge in [-0.15, -0.1) is 5.98 Å². The molecule has 0 bridgehead atoms. The first-order valence-electron chi connectivity index (χ1n) is 10.8. The fourth-order valence-corrected chi connectivity index (χ4v) is 3.60. The number of halogens is 1. The lowest BCUT2D eigenvalue weighted by Gasteiger charge is -2.28. The number of ether oxygens (including phenoxy) is 3. The average molecular weight is 436 g/mol. The van der Waals surface area contributed by atoms with E-state index in [0.717, 1.165) is 37.1 Å². The predicted octanol–water partition coefficient (Wildman–Crippen LogP) is 4.45. The van der Waals surface area contributed by atoms with Crippen molar-refractivity contribution in [3.8, 4) is 11.5 Å². The predicted molar refractivity (Wildman–Crippen MR) is 125 cm³/mol. The molecule has 7 heteroatoms. The lowest BCUT2D eigenvalue weighted by molar-refractivity contribution is 0.0855. The largest absolute Gasteiger partial charge is 0.454 e. The van der Waals surface area contributed by atoms with E-state index >= 15 is 0 Å². The smallest absolute Gasteiger partial charge is 0.165 e. The monoisotopic (exact) mass is 436 g/mol. The van der Waals surface area contributed by atoms with Gasteiger partial charge in [0, 0.05) is 26.0 Å². The van der Waals surface area contributed by atoms with Gasteiger partial charge >= 0.3 is 0 Å². The Morgan fingerprint density at radius 1 is 1.19 bits per heavy atom. The number of nitrogens with zero attached hydrogens (tertiary/aromatic N) is 2. The van der Waals surface area contributed by atoms with E-state index in [9.17, 15) is 4.39 Å². The van der Waals surface area contributed by atoms with Crippen molar-refractivity contribution in [1.82, 2.24) is 9.88 Å². The van der Waals surface area contributed by atoms with Crippen LogP contribution in [0.1, 0.15) is 18.5 Å². The van der Waals surface area contributed by atoms with Gasteiger partial charge in [0.25, 0.3) is 0 Å². The summed E-state index contributed by atoms with van der Waals surface area (Å²) in [5.74, 6) is 2.34. The molecule has 32 heavy (non-hydrogen) atoms. The molecule has 2 aromatic rings. The molecular weight excluding hydrogens is 406 g/mol. The van der Waals surface area contributed by atoms with Gasteiger partial charge < -0.3 is 19.1 Å². The molecule has 2 heterocycles. The Morgan fingerprint density at radius 2 is 1.97 bits per heavy atom. The standard InChI is InChI=1S/C25H30BFN2O3/c1-29-11-8-19(9-12-29)16-31-18-20(21(15-26)17-30-2)13-22-14-23(7-10-28-22)32-25-6-4-3-5-24(25)27/h3-7,10,13-15,19H,8-9,11-12,16-18H2,1-2H3/b20-13-,21-15-. The van der Waals surface area contributed by atoms with Gasteiger partial charge in [-0.05, 0) is 74.3 Å². The first-order valence-corrected chi connectivity index (χ1v) is 10.8. The normalized spacial score (nSPS) is 16.3. The first-order chi connectivity index (χ1) is 15.6. The van der Waals surface area contributed by atoms with E-state index in [0.29, 0.717) is 37.2 Å². The van der Waals surface area contributed by atoms with Crippen LogP contribution in [0.3, 0.4) is 0 Å². The molecule has 2 radical (unpaired) electrons. The van der Waals surface area contributed by atoms with Crippen molar-refractivity contribution in [1.29, 1.82) is 0 Å². The highest BCUT2D eigenvalue weighted by Crippen LogP contribution is 2.25. The second kappa shape index (κ2) is 12.5. The molecule has 0 saturated carbocycles. The number of piperidine rings is 1. The second-order valence-electron chi connectivity index (χ2n) is 8.01. The molecule has 168 valence electrons. The number of likely N-dealkylation sites (tertiary alicyclic amines) is 1. The lowest BCUT2D eigenvalue weighted by Crippen LogP contribution is -2.32. The second-order valence-corrected chi connectivity index (χ2v) is 8.01. The lowest BCUT2D eigenvalue weighted by atomic mass is 9.97. The van der Waals surface area contributed by atoms with Crippen LogP contribution >= 0.6 is 0 Å². The molecule has 1 aliphatic heterocycles. The number of aromatic nitrogens is 1. The Kier molecular flexibility index (Phi) is 9.47. The first kappa shape index (κ1) is 24.2. The fourth-order valence-electron chi connectivity index (χ4n) is 3.60. The van der Waals surface area contributed by atoms with E-state index in [-0.39, 0.29) is 5.75 Å². The van der Waals surface area contributed by atoms with Crippen molar-refractivity contribution in [2.24, 2.45) is 5.92 Å². The molecule has 5 nitrogen and oxygen atoms in total. The molecular formula is C25H30BFN2O3. The maximum Gasteiger partial charge on any atom is 0.165 e. The van der Waals surface area contributed by atoms with Gasteiger partial charge in [-0.2, -0.15) is 0 Å². The molecule has 0 atom stereocenters. The molecule has 1 aliphatic rings. The van der Waals surface area contributed by atoms with Crippen molar-refractivity contribution < 1.29 is 18.6 Å². The van der Waals surface area contributed by atoms with Crippen LogP contribution in [0.15, 0.2) is 59.7 Å². The molecule has 0 spiro atoms. The molecule has 1 saturated heterocycles. The number of hydrogen-bond acceptors (Lipinski definition) is 5. The van der Waals surface area contributed by atoms with Crippen LogP contribution in [-0.4, -0.2) is 64.8 Å². The van der Waals surface area contributed by atoms with Crippen LogP contribution in [0.25, 0.3) is 6.08 Å². The number of para-hydroxylation sites is 1. The average Bonchev–Trinajstić information content (AvgIpc) is 2.80. The zero-order valence-corrected chi connectivity index (χ0v) is 18.8. The molecule has 1 fully saturated rings. The van der Waals surface area contributed by atoms with E-state index in [1.165, 1.54) is 12.0 Å². The number of hydrogen-bond donors (Lipinski definition) is 0. The van der Waals surface area contributed by atoms with Crippen LogP contribution in [0.5, 0.6) is 11.5 Å². The van der Waals surface area contributed by atoms with Gasteiger partial charge in [-0.1, -0.05) is 12.1 Å². The van der Waals surface area contributed by atoms with Crippen molar-refractivity contribution in [3.63, 3.8) is 0 Å². The Morgan fingerprint density at radius 3 is 2.69 bits per heavy atom. The van der Waals surface area contributed by atoms with Crippen LogP contribution in [0.4, 0.5) is 4.39 Å². The molecule has 0 N–H and O–H groups in total. The number of rotatable bonds is 10. The zero-order chi connectivity index (χ0) is 22.8. The van der Waals surface area contributed by atoms with Crippen LogP contribution in [-0.2, 0) is 9.47 Å². The van der Waals surface area contributed by atoms with Crippen molar-refractivity contribution >= 4 is 13.9 Å². The maximum absolute atomic E-state index is 13.9. The Bertz CT molecular complexity index is 927. The fraction of sp³-hybridized carbons (Fsp3) is 0.400. The Balaban J connectivity index is 1.72. The topological polar surface area (TPSA) is 43.8 Å². The summed E-state index contributed by atoms with van der Waals surface area (Å²) in [4.78, 5) is 6.75. The van der Waals surface area contributed by atoms with Crippen molar-refractivity contribution in [3.05, 3.63) is 71.2 Å². The van der Waals surface area contributed by atoms with Crippen molar-refractivity contribution in [2.75, 3.05) is 47.1 Å². The highest BCUT2D eigenvalue weighted by molar-refractivity contribution is 6.17. The summed E-state index contributed by atoms with van der Waals surface area (Å²) in [5, 5.41) is 0. The summed E-state index contributed by atoms with van der Waals surface area (Å²) in [7, 11) is 9.64. The number of benzene rings is 1. The molecule has 0 amide bonds. The molecule has 3 rings (SSSR count). The van der Waals surface area contributed by atoms with Crippen LogP contribution in [0.2, 0.25) is 0 Å². The van der Waals surface area contributed by atoms with Crippen LogP contribution in [0, 0.1) is 11.7 Å². The van der Waals surface area contributed by atoms with E-state index < -0.39 is 5.82 Å². The van der Waals surface area contributed by atoms with E-state index in [4.69, 9.17) is 22.1 Å². The Hall–Kier alpha value is -2.48. The molecule has 1 aromatic heterocycles. The SMILES string of the molecule is [B]/C=C(COC)\C(=C/c1cc(Oc2ccccc2F)ccn1)COCC1CCN(C)CC1. The summed E-state index contributed by atoms with van der Waals surface area (Å²) in [6.45, 7) is 3.68. The highest BCUT2D eigenvalue weighted by atomic mass is 19.1. The quantitative estimate of drug-likeness (QED) is 0.407. The van der Waals surface area contributed by atoms with Gasteiger partial charge in [0.05, 0.1) is 18.9 Å². The summed E-state index contributed by atoms with van der Waals surface area (Å²) in [6.07, 6.45) is 5.82. The number of pyridine rings is 1. The summed E-state index contributed by atoms with van der Waals surface area (Å²) in [6, 6.07) is 9.74. The minimum atomic E-state index is -0.419. The third kappa shape index (κ3) is 7.29. The molecule has 1 aromatic carbocycles. The number of methoxy groups -OCH3 is 1. The van der Waals surface area contributed by atoms with Crippen molar-refractivity contribution in [2.45, 2.75) is 12.8 Å². The van der Waals surface area contributed by atoms with Gasteiger partial charge in [-0.3, -0.25) is 4.98 Å². The third-order valence-electron chi connectivity index (χ3n) is 5.50. The molecule has 0 aliphatic carbocycles. The zero-order valence-electron chi connectivity index (χ0n) is 18.8. The Labute approximate surface area is 191 Å². The van der Waals surface area contributed by atoms with Crippen LogP contribution < -0.4 is 4.74 Å². The van der Waals surface area contributed by atoms with E-state index in [2.05, 4.69) is 16.9 Å². The minimum Gasteiger partial charge on any atom is -0.454 e. The van der Waals surface area contributed by atoms with Gasteiger partial charge in [0.1, 0.15) is 13.6 Å². The van der Waals surface area contributed by atoms with E-state index in [1.807, 2.05) is 6.08 Å². The molecule has 0 unspecified atom stereocenters. The minimum absolute atomic E-state index is 0.164. The highest BCUT2D eigenvalue weighted by Gasteiger charge is 2.17. The maximum atomic E-state index is 13.9.